The van der Waals surface area contributed by atoms with Crippen molar-refractivity contribution in [3.8, 4) is 28.9 Å². The van der Waals surface area contributed by atoms with E-state index in [1.807, 2.05) is 29.3 Å². The molecule has 36 heavy (non-hydrogen) atoms. The van der Waals surface area contributed by atoms with E-state index in [2.05, 4.69) is 27.1 Å². The number of halogens is 2. The van der Waals surface area contributed by atoms with Gasteiger partial charge in [0, 0.05) is 34.9 Å². The van der Waals surface area contributed by atoms with Crippen LogP contribution in [0.5, 0.6) is 0 Å². The van der Waals surface area contributed by atoms with E-state index in [1.54, 1.807) is 22.8 Å². The zero-order valence-electron chi connectivity index (χ0n) is 19.6. The molecule has 1 amide bonds. The zero-order valence-corrected chi connectivity index (χ0v) is 21.1. The lowest BCUT2D eigenvalue weighted by atomic mass is 10.1. The molecular weight excluding hydrogens is 497 g/mol. The minimum Gasteiger partial charge on any atom is -0.390 e. The van der Waals surface area contributed by atoms with E-state index < -0.39 is 6.61 Å². The number of benzene rings is 2. The molecule has 9 heteroatoms. The van der Waals surface area contributed by atoms with E-state index in [0.717, 1.165) is 37.9 Å². The number of carbonyl (C=O) groups excluding carboxylic acids is 1. The molecule has 1 aromatic heterocycles. The molecule has 0 unspecified atom stereocenters. The average Bonchev–Trinajstić information content (AvgIpc) is 3.27. The van der Waals surface area contributed by atoms with Gasteiger partial charge in [-0.05, 0) is 55.3 Å². The number of aliphatic hydroxyl groups excluding tert-OH is 1. The topological polar surface area (TPSA) is 74.8 Å². The molecule has 4 rings (SSSR count). The minimum absolute atomic E-state index is 0.132. The van der Waals surface area contributed by atoms with Crippen LogP contribution in [-0.4, -0.2) is 45.2 Å². The average molecular weight is 522 g/mol. The molecule has 7 nitrogen and oxygen atoms in total. The largest absolute Gasteiger partial charge is 0.390 e. The van der Waals surface area contributed by atoms with Crippen LogP contribution < -0.4 is 5.43 Å². The Hall–Kier alpha value is -3.33. The summed E-state index contributed by atoms with van der Waals surface area (Å²) in [5.74, 6) is 6.06. The maximum Gasteiger partial charge on any atom is 0.286 e. The number of nitrogens with one attached hydrogen (secondary N) is 1. The van der Waals surface area contributed by atoms with E-state index in [0.29, 0.717) is 45.8 Å². The molecule has 0 radical (unpaired) electrons. The standard InChI is InChI=1S/C27H25Cl2N5O2/c1-30-14-4-3-7-19-8-11-21(12-9-19)34-24(18-35)25(27(36)32-33-15-5-2-6-16-33)31-26(34)22-13-10-20(28)17-23(22)29/h8-13,17,35H,2,4-6,14-16,18H2,(H,32,36). The highest BCUT2D eigenvalue weighted by molar-refractivity contribution is 6.36. The Labute approximate surface area is 220 Å². The number of piperidine rings is 1. The van der Waals surface area contributed by atoms with Gasteiger partial charge >= 0.3 is 0 Å². The van der Waals surface area contributed by atoms with Gasteiger partial charge in [-0.15, -0.1) is 0 Å². The number of carbonyl (C=O) groups is 1. The normalized spacial score (nSPS) is 13.5. The Kier molecular flexibility index (Phi) is 8.64. The van der Waals surface area contributed by atoms with Crippen molar-refractivity contribution in [3.63, 3.8) is 0 Å². The summed E-state index contributed by atoms with van der Waals surface area (Å²) in [5.41, 5.74) is 5.48. The maximum absolute atomic E-state index is 13.3. The molecule has 0 atom stereocenters. The number of hydrogen-bond acceptors (Lipinski definition) is 4. The number of aliphatic hydroxyl groups is 1. The van der Waals surface area contributed by atoms with Crippen LogP contribution in [0.1, 0.15) is 47.4 Å². The van der Waals surface area contributed by atoms with Crippen LogP contribution in [0.25, 0.3) is 21.9 Å². The summed E-state index contributed by atoms with van der Waals surface area (Å²) in [7, 11) is 0. The molecule has 0 aliphatic carbocycles. The molecule has 0 saturated carbocycles. The van der Waals surface area contributed by atoms with Crippen molar-refractivity contribution in [2.75, 3.05) is 19.6 Å². The van der Waals surface area contributed by atoms with E-state index in [4.69, 9.17) is 29.8 Å². The van der Waals surface area contributed by atoms with Gasteiger partial charge in [0.1, 0.15) is 5.82 Å². The third-order valence-corrected chi connectivity index (χ3v) is 6.38. The second kappa shape index (κ2) is 12.1. The molecular formula is C27H25Cl2N5O2. The molecule has 0 spiro atoms. The van der Waals surface area contributed by atoms with E-state index >= 15 is 0 Å². The van der Waals surface area contributed by atoms with E-state index in [9.17, 15) is 9.90 Å². The van der Waals surface area contributed by atoms with E-state index in [-0.39, 0.29) is 11.6 Å². The predicted molar refractivity (Wildman–Crippen MR) is 141 cm³/mol. The first-order valence-electron chi connectivity index (χ1n) is 11.7. The highest BCUT2D eigenvalue weighted by atomic mass is 35.5. The SMILES string of the molecule is [C-]#[N+]CCC#Cc1ccc(-n2c(-c3ccc(Cl)cc3Cl)nc(C(=O)NN3CCCCC3)c2CO)cc1. The third-order valence-electron chi connectivity index (χ3n) is 5.83. The van der Waals surface area contributed by atoms with Gasteiger partial charge in [0.25, 0.3) is 5.91 Å². The number of rotatable bonds is 6. The predicted octanol–water partition coefficient (Wildman–Crippen LogP) is 5.13. The molecule has 1 saturated heterocycles. The summed E-state index contributed by atoms with van der Waals surface area (Å²) in [6, 6.07) is 12.5. The fourth-order valence-electron chi connectivity index (χ4n) is 4.08. The molecule has 2 heterocycles. The van der Waals surface area contributed by atoms with Crippen LogP contribution in [0.15, 0.2) is 42.5 Å². The van der Waals surface area contributed by atoms with Crippen molar-refractivity contribution in [1.29, 1.82) is 0 Å². The lowest BCUT2D eigenvalue weighted by Gasteiger charge is -2.26. The van der Waals surface area contributed by atoms with Crippen molar-refractivity contribution >= 4 is 29.1 Å². The van der Waals surface area contributed by atoms with Gasteiger partial charge in [0.05, 0.1) is 23.7 Å². The summed E-state index contributed by atoms with van der Waals surface area (Å²) in [4.78, 5) is 21.2. The smallest absolute Gasteiger partial charge is 0.286 e. The highest BCUT2D eigenvalue weighted by Crippen LogP contribution is 2.33. The Morgan fingerprint density at radius 1 is 1.14 bits per heavy atom. The first-order valence-corrected chi connectivity index (χ1v) is 12.4. The molecule has 2 N–H and O–H groups in total. The van der Waals surface area contributed by atoms with Crippen molar-refractivity contribution in [2.45, 2.75) is 32.3 Å². The Morgan fingerprint density at radius 3 is 2.56 bits per heavy atom. The van der Waals surface area contributed by atoms with Gasteiger partial charge in [0.2, 0.25) is 6.54 Å². The molecule has 2 aromatic carbocycles. The number of hydrazine groups is 1. The first kappa shape index (κ1) is 25.8. The van der Waals surface area contributed by atoms with Gasteiger partial charge in [-0.3, -0.25) is 14.8 Å². The lowest BCUT2D eigenvalue weighted by molar-refractivity contribution is 0.0742. The minimum atomic E-state index is -0.404. The fraction of sp³-hybridized carbons (Fsp3) is 0.296. The van der Waals surface area contributed by atoms with Crippen LogP contribution in [0.3, 0.4) is 0 Å². The van der Waals surface area contributed by atoms with Crippen molar-refractivity contribution in [2.24, 2.45) is 0 Å². The first-order chi connectivity index (χ1) is 17.5. The van der Waals surface area contributed by atoms with Crippen LogP contribution in [0.4, 0.5) is 0 Å². The van der Waals surface area contributed by atoms with Crippen LogP contribution in [-0.2, 0) is 6.61 Å². The van der Waals surface area contributed by atoms with E-state index in [1.165, 1.54) is 0 Å². The number of nitrogens with zero attached hydrogens (tertiary/aromatic N) is 4. The number of amides is 1. The van der Waals surface area contributed by atoms with Gasteiger partial charge in [-0.2, -0.15) is 0 Å². The van der Waals surface area contributed by atoms with Crippen molar-refractivity contribution in [1.82, 2.24) is 20.0 Å². The highest BCUT2D eigenvalue weighted by Gasteiger charge is 2.26. The van der Waals surface area contributed by atoms with Crippen molar-refractivity contribution in [3.05, 3.63) is 80.9 Å². The monoisotopic (exact) mass is 521 g/mol. The molecule has 1 aliphatic heterocycles. The van der Waals surface area contributed by atoms with Crippen LogP contribution in [0, 0.1) is 18.4 Å². The summed E-state index contributed by atoms with van der Waals surface area (Å²) < 4.78 is 1.73. The Morgan fingerprint density at radius 2 is 1.89 bits per heavy atom. The second-order valence-corrected chi connectivity index (χ2v) is 9.16. The maximum atomic E-state index is 13.3. The molecule has 184 valence electrons. The quantitative estimate of drug-likeness (QED) is 0.268. The molecule has 3 aromatic rings. The van der Waals surface area contributed by atoms with Crippen LogP contribution >= 0.6 is 23.2 Å². The number of hydrogen-bond donors (Lipinski definition) is 2. The van der Waals surface area contributed by atoms with Crippen LogP contribution in [0.2, 0.25) is 10.0 Å². The number of aromatic nitrogens is 2. The van der Waals surface area contributed by atoms with Gasteiger partial charge < -0.3 is 9.95 Å². The Bertz CT molecular complexity index is 1340. The molecule has 1 aliphatic rings. The molecule has 0 bridgehead atoms. The Balaban J connectivity index is 1.77. The second-order valence-electron chi connectivity index (χ2n) is 8.32. The van der Waals surface area contributed by atoms with Gasteiger partial charge in [-0.25, -0.2) is 16.6 Å². The third kappa shape index (κ3) is 5.90. The lowest BCUT2D eigenvalue weighted by Crippen LogP contribution is -2.45. The molecule has 1 fully saturated rings. The summed E-state index contributed by atoms with van der Waals surface area (Å²) in [6.45, 7) is 8.36. The van der Waals surface area contributed by atoms with Gasteiger partial charge in [0.15, 0.2) is 5.69 Å². The summed E-state index contributed by atoms with van der Waals surface area (Å²) in [5, 5.41) is 13.1. The summed E-state index contributed by atoms with van der Waals surface area (Å²) >= 11 is 12.6. The zero-order chi connectivity index (χ0) is 25.5. The van der Waals surface area contributed by atoms with Gasteiger partial charge in [-0.1, -0.05) is 41.5 Å². The number of imidazole rings is 1. The fourth-order valence-corrected chi connectivity index (χ4v) is 4.58. The summed E-state index contributed by atoms with van der Waals surface area (Å²) in [6.07, 6.45) is 3.68. The van der Waals surface area contributed by atoms with Crippen molar-refractivity contribution < 1.29 is 9.90 Å².